The van der Waals surface area contributed by atoms with Gasteiger partial charge in [-0.1, -0.05) is 70.5 Å². The number of rotatable bonds is 14. The molecule has 0 fully saturated rings. The van der Waals surface area contributed by atoms with Gasteiger partial charge in [0.05, 0.1) is 19.1 Å². The predicted octanol–water partition coefficient (Wildman–Crippen LogP) is 4.78. The molecule has 40 heavy (non-hydrogen) atoms. The van der Waals surface area contributed by atoms with Gasteiger partial charge in [0, 0.05) is 36.9 Å². The highest BCUT2D eigenvalue weighted by atomic mass is 79.9. The van der Waals surface area contributed by atoms with Crippen molar-refractivity contribution in [1.29, 1.82) is 0 Å². The van der Waals surface area contributed by atoms with Crippen molar-refractivity contribution in [3.8, 4) is 5.75 Å². The second-order valence-corrected chi connectivity index (χ2v) is 12.2. The Morgan fingerprint density at radius 2 is 1.65 bits per heavy atom. The molecule has 0 aliphatic heterocycles. The van der Waals surface area contributed by atoms with Gasteiger partial charge in [0.25, 0.3) is 0 Å². The van der Waals surface area contributed by atoms with Gasteiger partial charge >= 0.3 is 0 Å². The van der Waals surface area contributed by atoms with Gasteiger partial charge < -0.3 is 15.0 Å². The van der Waals surface area contributed by atoms with E-state index in [2.05, 4.69) is 21.2 Å². The molecule has 8 nitrogen and oxygen atoms in total. The van der Waals surface area contributed by atoms with E-state index in [-0.39, 0.29) is 37.7 Å². The summed E-state index contributed by atoms with van der Waals surface area (Å²) in [4.78, 5) is 28.7. The Bertz CT molecular complexity index is 1380. The monoisotopic (exact) mass is 629 g/mol. The van der Waals surface area contributed by atoms with Crippen LogP contribution in [0.4, 0.5) is 5.69 Å². The number of amides is 2. The minimum Gasteiger partial charge on any atom is -0.495 e. The fourth-order valence-electron chi connectivity index (χ4n) is 4.50. The summed E-state index contributed by atoms with van der Waals surface area (Å²) in [6.07, 6.45) is 1.79. The zero-order valence-corrected chi connectivity index (χ0v) is 25.4. The summed E-state index contributed by atoms with van der Waals surface area (Å²) < 4.78 is 32.8. The van der Waals surface area contributed by atoms with Gasteiger partial charge in [0.2, 0.25) is 21.8 Å². The number of carbonyl (C=O) groups excluding carboxylic acids is 2. The van der Waals surface area contributed by atoms with Crippen LogP contribution in [0.15, 0.2) is 83.3 Å². The fourth-order valence-corrected chi connectivity index (χ4v) is 5.91. The number of nitrogens with zero attached hydrogens (tertiary/aromatic N) is 2. The molecule has 0 spiro atoms. The molecule has 3 aromatic rings. The van der Waals surface area contributed by atoms with E-state index in [4.69, 9.17) is 4.74 Å². The van der Waals surface area contributed by atoms with Crippen LogP contribution >= 0.6 is 15.9 Å². The summed E-state index contributed by atoms with van der Waals surface area (Å²) in [5.41, 5.74) is 2.22. The van der Waals surface area contributed by atoms with Crippen LogP contribution in [0.3, 0.4) is 0 Å². The number of benzene rings is 3. The van der Waals surface area contributed by atoms with E-state index in [1.54, 1.807) is 29.2 Å². The zero-order valence-electron chi connectivity index (χ0n) is 23.0. The number of hydrogen-bond acceptors (Lipinski definition) is 5. The molecule has 2 amide bonds. The van der Waals surface area contributed by atoms with Gasteiger partial charge in [0.1, 0.15) is 11.8 Å². The molecular weight excluding hydrogens is 594 g/mol. The first-order chi connectivity index (χ1) is 19.1. The molecule has 0 heterocycles. The number of likely N-dealkylation sites (N-methyl/N-ethyl adjacent to an activating group) is 1. The number of ether oxygens (including phenoxy) is 1. The summed E-state index contributed by atoms with van der Waals surface area (Å²) in [7, 11) is -2.16. The number of halogens is 1. The van der Waals surface area contributed by atoms with Crippen LogP contribution in [0.1, 0.15) is 30.9 Å². The standard InChI is InChI=1S/C30H36BrN3O5S/c1-4-32-30(36)27(21-23-12-6-5-7-13-23)33(22-24-14-10-15-25(31)20-24)29(35)18-11-19-34(40(3,37)38)26-16-8-9-17-28(26)39-2/h5-10,12-17,20,27H,4,11,18-19,21-22H2,1-3H3,(H,32,36)/t27-/m1/s1. The minimum atomic E-state index is -3.64. The second kappa shape index (κ2) is 14.9. The summed E-state index contributed by atoms with van der Waals surface area (Å²) in [5, 5.41) is 2.88. The summed E-state index contributed by atoms with van der Waals surface area (Å²) in [5.74, 6) is -0.0446. The molecule has 1 N–H and O–H groups in total. The van der Waals surface area contributed by atoms with Gasteiger partial charge in [-0.05, 0) is 48.7 Å². The molecular formula is C30H36BrN3O5S. The number of anilines is 1. The van der Waals surface area contributed by atoms with Crippen LogP contribution in [0, 0.1) is 0 Å². The van der Waals surface area contributed by atoms with E-state index >= 15 is 0 Å². The zero-order chi connectivity index (χ0) is 29.1. The summed E-state index contributed by atoms with van der Waals surface area (Å²) in [6.45, 7) is 2.59. The Hall–Kier alpha value is -3.37. The third-order valence-corrected chi connectivity index (χ3v) is 8.04. The normalized spacial score (nSPS) is 11.9. The SMILES string of the molecule is CCNC(=O)[C@@H](Cc1ccccc1)N(Cc1cccc(Br)c1)C(=O)CCCN(c1ccccc1OC)S(C)(=O)=O. The van der Waals surface area contributed by atoms with Gasteiger partial charge in [-0.15, -0.1) is 0 Å². The first-order valence-corrected chi connectivity index (χ1v) is 15.7. The number of methoxy groups -OCH3 is 1. The molecule has 0 aromatic heterocycles. The fraction of sp³-hybridized carbons (Fsp3) is 0.333. The number of sulfonamides is 1. The van der Waals surface area contributed by atoms with Crippen molar-refractivity contribution in [2.75, 3.05) is 30.8 Å². The van der Waals surface area contributed by atoms with E-state index in [1.807, 2.05) is 61.5 Å². The van der Waals surface area contributed by atoms with Crippen molar-refractivity contribution in [3.63, 3.8) is 0 Å². The third-order valence-electron chi connectivity index (χ3n) is 6.37. The lowest BCUT2D eigenvalue weighted by Crippen LogP contribution is -2.50. The number of hydrogen-bond donors (Lipinski definition) is 1. The Balaban J connectivity index is 1.88. The largest absolute Gasteiger partial charge is 0.495 e. The van der Waals surface area contributed by atoms with E-state index < -0.39 is 16.1 Å². The lowest BCUT2D eigenvalue weighted by atomic mass is 10.0. The lowest BCUT2D eigenvalue weighted by Gasteiger charge is -2.32. The van der Waals surface area contributed by atoms with Gasteiger partial charge in [-0.25, -0.2) is 8.42 Å². The van der Waals surface area contributed by atoms with Crippen molar-refractivity contribution < 1.29 is 22.7 Å². The van der Waals surface area contributed by atoms with Crippen molar-refractivity contribution in [3.05, 3.63) is 94.5 Å². The van der Waals surface area contributed by atoms with Crippen LogP contribution < -0.4 is 14.4 Å². The quantitative estimate of drug-likeness (QED) is 0.277. The highest BCUT2D eigenvalue weighted by molar-refractivity contribution is 9.10. The van der Waals surface area contributed by atoms with Gasteiger partial charge in [-0.3, -0.25) is 13.9 Å². The Morgan fingerprint density at radius 1 is 0.975 bits per heavy atom. The molecule has 0 saturated heterocycles. The molecule has 3 aromatic carbocycles. The van der Waals surface area contributed by atoms with Crippen LogP contribution in [0.5, 0.6) is 5.75 Å². The maximum atomic E-state index is 13.8. The first-order valence-electron chi connectivity index (χ1n) is 13.1. The minimum absolute atomic E-state index is 0.0554. The molecule has 0 aliphatic rings. The molecule has 3 rings (SSSR count). The topological polar surface area (TPSA) is 96.0 Å². The molecule has 0 aliphatic carbocycles. The van der Waals surface area contributed by atoms with E-state index in [1.165, 1.54) is 11.4 Å². The number of carbonyl (C=O) groups is 2. The van der Waals surface area contributed by atoms with Crippen molar-refractivity contribution in [2.45, 2.75) is 38.8 Å². The van der Waals surface area contributed by atoms with Crippen molar-refractivity contribution in [2.24, 2.45) is 0 Å². The maximum absolute atomic E-state index is 13.8. The van der Waals surface area contributed by atoms with E-state index in [0.29, 0.717) is 24.4 Å². The Labute approximate surface area is 245 Å². The number of para-hydroxylation sites is 2. The second-order valence-electron chi connectivity index (χ2n) is 9.36. The molecule has 0 radical (unpaired) electrons. The van der Waals surface area contributed by atoms with Crippen molar-refractivity contribution in [1.82, 2.24) is 10.2 Å². The van der Waals surface area contributed by atoms with Crippen LogP contribution in [-0.4, -0.2) is 57.6 Å². The number of nitrogens with one attached hydrogen (secondary N) is 1. The predicted molar refractivity (Wildman–Crippen MR) is 162 cm³/mol. The molecule has 0 bridgehead atoms. The Kier molecular flexibility index (Phi) is 11.6. The molecule has 1 atom stereocenters. The smallest absolute Gasteiger partial charge is 0.243 e. The van der Waals surface area contributed by atoms with Crippen LogP contribution in [0.2, 0.25) is 0 Å². The van der Waals surface area contributed by atoms with Crippen molar-refractivity contribution >= 4 is 43.5 Å². The molecule has 0 saturated carbocycles. The average Bonchev–Trinajstić information content (AvgIpc) is 2.93. The highest BCUT2D eigenvalue weighted by Crippen LogP contribution is 2.30. The third kappa shape index (κ3) is 8.82. The van der Waals surface area contributed by atoms with E-state index in [9.17, 15) is 18.0 Å². The average molecular weight is 631 g/mol. The summed E-state index contributed by atoms with van der Waals surface area (Å²) >= 11 is 3.49. The lowest BCUT2D eigenvalue weighted by molar-refractivity contribution is -0.141. The first kappa shape index (κ1) is 31.2. The highest BCUT2D eigenvalue weighted by Gasteiger charge is 2.30. The van der Waals surface area contributed by atoms with Gasteiger partial charge in [-0.2, -0.15) is 0 Å². The van der Waals surface area contributed by atoms with Crippen LogP contribution in [0.25, 0.3) is 0 Å². The van der Waals surface area contributed by atoms with Gasteiger partial charge in [0.15, 0.2) is 0 Å². The Morgan fingerprint density at radius 3 is 2.30 bits per heavy atom. The molecule has 214 valence electrons. The summed E-state index contributed by atoms with van der Waals surface area (Å²) in [6, 6.07) is 23.3. The molecule has 10 heteroatoms. The maximum Gasteiger partial charge on any atom is 0.243 e. The molecule has 0 unspecified atom stereocenters. The van der Waals surface area contributed by atoms with Crippen LogP contribution in [-0.2, 0) is 32.6 Å². The van der Waals surface area contributed by atoms with E-state index in [0.717, 1.165) is 21.9 Å².